The van der Waals surface area contributed by atoms with Crippen LogP contribution in [0.25, 0.3) is 6.08 Å². The van der Waals surface area contributed by atoms with Crippen molar-refractivity contribution >= 4 is 52.1 Å². The van der Waals surface area contributed by atoms with Crippen molar-refractivity contribution in [1.29, 1.82) is 0 Å². The summed E-state index contributed by atoms with van der Waals surface area (Å²) in [5.74, 6) is -3.02. The van der Waals surface area contributed by atoms with E-state index in [4.69, 9.17) is 16.3 Å². The monoisotopic (exact) mass is 445 g/mol. The van der Waals surface area contributed by atoms with Crippen molar-refractivity contribution in [3.8, 4) is 0 Å². The summed E-state index contributed by atoms with van der Waals surface area (Å²) in [6.45, 7) is 0. The van der Waals surface area contributed by atoms with Gasteiger partial charge in [-0.05, 0) is 52.4 Å². The summed E-state index contributed by atoms with van der Waals surface area (Å²) in [6, 6.07) is 9.05. The Kier molecular flexibility index (Phi) is 4.45. The molecule has 1 aliphatic heterocycles. The first kappa shape index (κ1) is 16.1. The van der Waals surface area contributed by atoms with Gasteiger partial charge in [0, 0.05) is 3.57 Å². The second-order valence-corrected chi connectivity index (χ2v) is 6.17. The number of aliphatic imine (C=N–C) groups is 1. The zero-order valence-electron chi connectivity index (χ0n) is 11.3. The number of ether oxygens (including phenoxy) is 1. The lowest BCUT2D eigenvalue weighted by Crippen LogP contribution is -2.07. The minimum absolute atomic E-state index is 0.0186. The number of rotatable bonds is 2. The summed E-state index contributed by atoms with van der Waals surface area (Å²) in [7, 11) is 0. The molecule has 0 radical (unpaired) electrons. The molecule has 0 unspecified atom stereocenters. The number of hydrogen-bond acceptors (Lipinski definition) is 3. The molecule has 3 nitrogen and oxygen atoms in total. The van der Waals surface area contributed by atoms with Crippen LogP contribution in [0.15, 0.2) is 47.1 Å². The van der Waals surface area contributed by atoms with Crippen molar-refractivity contribution in [2.45, 2.75) is 0 Å². The Labute approximate surface area is 148 Å². The summed E-state index contributed by atoms with van der Waals surface area (Å²) >= 11 is 7.99. The van der Waals surface area contributed by atoms with Crippen molar-refractivity contribution in [1.82, 2.24) is 0 Å². The second kappa shape index (κ2) is 6.37. The Morgan fingerprint density at radius 1 is 1.17 bits per heavy atom. The molecule has 7 heteroatoms. The largest absolute Gasteiger partial charge is 0.402 e. The Morgan fingerprint density at radius 2 is 1.87 bits per heavy atom. The molecule has 0 saturated heterocycles. The van der Waals surface area contributed by atoms with Gasteiger partial charge in [0.1, 0.15) is 0 Å². The average molecular weight is 446 g/mol. The van der Waals surface area contributed by atoms with Gasteiger partial charge in [-0.3, -0.25) is 0 Å². The van der Waals surface area contributed by atoms with Crippen LogP contribution in [0.5, 0.6) is 0 Å². The highest BCUT2D eigenvalue weighted by molar-refractivity contribution is 14.1. The lowest BCUT2D eigenvalue weighted by molar-refractivity contribution is -0.129. The first-order valence-corrected chi connectivity index (χ1v) is 7.83. The number of carbonyl (C=O) groups excluding carboxylic acids is 1. The van der Waals surface area contributed by atoms with E-state index < -0.39 is 17.6 Å². The van der Waals surface area contributed by atoms with E-state index in [1.807, 2.05) is 24.3 Å². The van der Waals surface area contributed by atoms with Crippen molar-refractivity contribution in [3.05, 3.63) is 73.4 Å². The molecule has 0 aromatic heterocycles. The van der Waals surface area contributed by atoms with E-state index in [1.165, 1.54) is 0 Å². The zero-order chi connectivity index (χ0) is 16.6. The van der Waals surface area contributed by atoms with Gasteiger partial charge >= 0.3 is 5.97 Å². The Hall–Kier alpha value is -1.80. The van der Waals surface area contributed by atoms with Gasteiger partial charge in [-0.25, -0.2) is 18.6 Å². The van der Waals surface area contributed by atoms with Crippen molar-refractivity contribution < 1.29 is 18.3 Å². The maximum absolute atomic E-state index is 13.4. The van der Waals surface area contributed by atoms with Crippen LogP contribution in [0.4, 0.5) is 8.78 Å². The van der Waals surface area contributed by atoms with Crippen molar-refractivity contribution in [2.24, 2.45) is 4.99 Å². The highest BCUT2D eigenvalue weighted by Crippen LogP contribution is 2.26. The van der Waals surface area contributed by atoms with E-state index in [2.05, 4.69) is 27.6 Å². The van der Waals surface area contributed by atoms with Crippen LogP contribution >= 0.6 is 34.2 Å². The van der Waals surface area contributed by atoms with Crippen molar-refractivity contribution in [2.75, 3.05) is 0 Å². The van der Waals surface area contributed by atoms with Gasteiger partial charge in [0.25, 0.3) is 0 Å². The normalized spacial score (nSPS) is 15.7. The van der Waals surface area contributed by atoms with Crippen LogP contribution in [0.2, 0.25) is 5.02 Å². The molecule has 1 heterocycles. The predicted octanol–water partition coefficient (Wildman–Crippen LogP) is 4.57. The van der Waals surface area contributed by atoms with Crippen LogP contribution < -0.4 is 0 Å². The molecule has 0 fully saturated rings. The molecular weight excluding hydrogens is 439 g/mol. The fourth-order valence-corrected chi connectivity index (χ4v) is 2.72. The molecular formula is C16H7ClF2INO2. The summed E-state index contributed by atoms with van der Waals surface area (Å²) < 4.78 is 32.4. The number of carbonyl (C=O) groups is 1. The van der Waals surface area contributed by atoms with E-state index in [0.29, 0.717) is 0 Å². The molecule has 1 aliphatic rings. The third-order valence-corrected chi connectivity index (χ3v) is 4.35. The molecule has 0 N–H and O–H groups in total. The van der Waals surface area contributed by atoms with Gasteiger partial charge in [-0.15, -0.1) is 0 Å². The molecule has 0 saturated carbocycles. The summed E-state index contributed by atoms with van der Waals surface area (Å²) in [5.41, 5.74) is 0.872. The third kappa shape index (κ3) is 3.28. The minimum atomic E-state index is -1.10. The topological polar surface area (TPSA) is 38.7 Å². The molecule has 0 bridgehead atoms. The van der Waals surface area contributed by atoms with Crippen LogP contribution in [0, 0.1) is 15.2 Å². The Bertz CT molecular complexity index is 880. The number of hydrogen-bond donors (Lipinski definition) is 0. The van der Waals surface area contributed by atoms with Crippen LogP contribution in [0.3, 0.4) is 0 Å². The lowest BCUT2D eigenvalue weighted by Gasteiger charge is -2.03. The molecule has 2 aromatic rings. The van der Waals surface area contributed by atoms with E-state index in [0.717, 1.165) is 21.3 Å². The number of halogens is 4. The maximum Gasteiger partial charge on any atom is 0.363 e. The summed E-state index contributed by atoms with van der Waals surface area (Å²) in [6.07, 6.45) is 1.56. The molecule has 0 aliphatic carbocycles. The second-order valence-electron chi connectivity index (χ2n) is 4.60. The number of nitrogens with zero attached hydrogens (tertiary/aromatic N) is 1. The molecule has 3 rings (SSSR count). The van der Waals surface area contributed by atoms with E-state index in [1.54, 1.807) is 6.08 Å². The fraction of sp³-hybridized carbons (Fsp3) is 0. The SMILES string of the molecule is O=C1OC(c2cc(F)c(F)cc2Cl)=N/C1=C\c1ccccc1I. The zero-order valence-corrected chi connectivity index (χ0v) is 14.2. The molecule has 116 valence electrons. The molecule has 2 aromatic carbocycles. The minimum Gasteiger partial charge on any atom is -0.402 e. The van der Waals surface area contributed by atoms with E-state index >= 15 is 0 Å². The van der Waals surface area contributed by atoms with Gasteiger partial charge in [0.15, 0.2) is 17.3 Å². The fourth-order valence-electron chi connectivity index (χ4n) is 1.95. The summed E-state index contributed by atoms with van der Waals surface area (Å²) in [4.78, 5) is 16.0. The Balaban J connectivity index is 2.03. The molecule has 0 atom stereocenters. The first-order valence-electron chi connectivity index (χ1n) is 6.37. The molecule has 0 amide bonds. The van der Waals surface area contributed by atoms with Gasteiger partial charge in [0.05, 0.1) is 10.6 Å². The first-order chi connectivity index (χ1) is 11.0. The third-order valence-electron chi connectivity index (χ3n) is 3.06. The lowest BCUT2D eigenvalue weighted by atomic mass is 10.2. The Morgan fingerprint density at radius 3 is 2.61 bits per heavy atom. The van der Waals surface area contributed by atoms with Crippen LogP contribution in [0.1, 0.15) is 11.1 Å². The summed E-state index contributed by atoms with van der Waals surface area (Å²) in [5, 5.41) is -0.0917. The molecule has 0 spiro atoms. The van der Waals surface area contributed by atoms with E-state index in [9.17, 15) is 13.6 Å². The number of cyclic esters (lactones) is 1. The number of esters is 1. The van der Waals surface area contributed by atoms with Crippen LogP contribution in [-0.2, 0) is 9.53 Å². The smallest absolute Gasteiger partial charge is 0.363 e. The predicted molar refractivity (Wildman–Crippen MR) is 91.1 cm³/mol. The van der Waals surface area contributed by atoms with E-state index in [-0.39, 0.29) is 22.2 Å². The average Bonchev–Trinajstić information content (AvgIpc) is 2.86. The standard InChI is InChI=1S/C16H7ClF2INO2/c17-10-7-12(19)11(18)6-9(10)15-21-14(16(22)23-15)5-8-3-1-2-4-13(8)20/h1-7H/b14-5-. The quantitative estimate of drug-likeness (QED) is 0.294. The van der Waals surface area contributed by atoms with Gasteiger partial charge in [-0.2, -0.15) is 0 Å². The van der Waals surface area contributed by atoms with Gasteiger partial charge < -0.3 is 4.74 Å². The van der Waals surface area contributed by atoms with Gasteiger partial charge in [0.2, 0.25) is 5.90 Å². The number of benzene rings is 2. The van der Waals surface area contributed by atoms with Crippen LogP contribution in [-0.4, -0.2) is 11.9 Å². The highest BCUT2D eigenvalue weighted by Gasteiger charge is 2.26. The highest BCUT2D eigenvalue weighted by atomic mass is 127. The maximum atomic E-state index is 13.4. The van der Waals surface area contributed by atoms with Gasteiger partial charge in [-0.1, -0.05) is 29.8 Å². The molecule has 23 heavy (non-hydrogen) atoms. The van der Waals surface area contributed by atoms with Crippen molar-refractivity contribution in [3.63, 3.8) is 0 Å².